The summed E-state index contributed by atoms with van der Waals surface area (Å²) in [7, 11) is 1.69. The molecule has 19 heteroatoms. The van der Waals surface area contributed by atoms with Gasteiger partial charge in [-0.05, 0) is 89.1 Å². The van der Waals surface area contributed by atoms with Crippen molar-refractivity contribution in [1.82, 2.24) is 40.1 Å². The third-order valence-electron chi connectivity index (χ3n) is 13.1. The second-order valence-corrected chi connectivity index (χ2v) is 19.9. The van der Waals surface area contributed by atoms with Crippen LogP contribution in [0, 0.1) is 17.3 Å². The lowest BCUT2D eigenvalue weighted by molar-refractivity contribution is -0.155. The molecular formula is C49H68N8O7S4. The minimum atomic E-state index is -0.962. The molecule has 15 nitrogen and oxygen atoms in total. The number of amides is 3. The van der Waals surface area contributed by atoms with Crippen molar-refractivity contribution in [2.75, 3.05) is 53.0 Å². The maximum absolute atomic E-state index is 14.3. The van der Waals surface area contributed by atoms with E-state index in [2.05, 4.69) is 77.1 Å². The Morgan fingerprint density at radius 2 is 1.87 bits per heavy atom. The summed E-state index contributed by atoms with van der Waals surface area (Å²) in [6.45, 7) is 16.6. The molecule has 68 heavy (non-hydrogen) atoms. The number of hydrazine groups is 1. The van der Waals surface area contributed by atoms with Crippen molar-refractivity contribution < 1.29 is 33.4 Å². The Morgan fingerprint density at radius 1 is 1.10 bits per heavy atom. The minimum absolute atomic E-state index is 0. The normalized spacial score (nSPS) is 20.2. The topological polar surface area (TPSA) is 160 Å². The molecule has 3 amide bonds. The zero-order chi connectivity index (χ0) is 46.0. The van der Waals surface area contributed by atoms with E-state index in [9.17, 15) is 19.2 Å². The Morgan fingerprint density at radius 3 is 2.57 bits per heavy atom. The lowest BCUT2D eigenvalue weighted by Gasteiger charge is -2.41. The number of nitrogens with one attached hydrogen (secondary N) is 2. The quantitative estimate of drug-likeness (QED) is 0.150. The Bertz CT molecular complexity index is 2510. The number of aryl methyl sites for hydroxylation is 1. The number of carbonyl (C=O) groups is 4. The van der Waals surface area contributed by atoms with E-state index in [1.54, 1.807) is 18.2 Å². The number of benzene rings is 1. The number of nitrogens with zero attached hydrogens (tertiary/aromatic N) is 6. The first kappa shape index (κ1) is 54.8. The van der Waals surface area contributed by atoms with Crippen LogP contribution in [0.25, 0.3) is 33.4 Å². The van der Waals surface area contributed by atoms with Crippen molar-refractivity contribution in [2.45, 2.75) is 116 Å². The zero-order valence-corrected chi connectivity index (χ0v) is 44.0. The fraction of sp³-hybridized carbons (Fsp3) is 0.551. The van der Waals surface area contributed by atoms with Gasteiger partial charge in [-0.25, -0.2) is 10.4 Å². The number of carbonyl (C=O) groups excluding carboxylic acids is 4. The van der Waals surface area contributed by atoms with Crippen molar-refractivity contribution in [3.05, 3.63) is 58.2 Å². The highest BCUT2D eigenvalue weighted by atomic mass is 32.1. The van der Waals surface area contributed by atoms with Crippen molar-refractivity contribution in [3.63, 3.8) is 0 Å². The van der Waals surface area contributed by atoms with Gasteiger partial charge in [-0.3, -0.25) is 34.1 Å². The number of aromatic nitrogens is 3. The van der Waals surface area contributed by atoms with E-state index in [1.165, 1.54) is 16.3 Å². The molecule has 3 aromatic heterocycles. The van der Waals surface area contributed by atoms with Gasteiger partial charge in [-0.1, -0.05) is 25.8 Å². The molecule has 1 aromatic carbocycles. The van der Waals surface area contributed by atoms with Crippen LogP contribution in [0.15, 0.2) is 41.9 Å². The maximum Gasteiger partial charge on any atom is 0.324 e. The summed E-state index contributed by atoms with van der Waals surface area (Å²) in [5.74, 6) is 4.56. The fourth-order valence-corrected chi connectivity index (χ4v) is 9.95. The summed E-state index contributed by atoms with van der Waals surface area (Å²) in [6.07, 6.45) is 4.35. The second-order valence-electron chi connectivity index (χ2n) is 18.9. The molecule has 4 aliphatic rings. The summed E-state index contributed by atoms with van der Waals surface area (Å²) >= 11 is 1.44. The van der Waals surface area contributed by atoms with Gasteiger partial charge in [0.25, 0.3) is 11.8 Å². The molecule has 2 N–H and O–H groups in total. The van der Waals surface area contributed by atoms with Crippen LogP contribution < -0.4 is 10.7 Å². The predicted octanol–water partition coefficient (Wildman–Crippen LogP) is 5.65. The van der Waals surface area contributed by atoms with Crippen molar-refractivity contribution in [1.29, 1.82) is 0 Å². The Labute approximate surface area is 425 Å². The van der Waals surface area contributed by atoms with E-state index in [4.69, 9.17) is 24.2 Å². The van der Waals surface area contributed by atoms with E-state index < -0.39 is 23.5 Å². The average molecular weight is 1010 g/mol. The predicted molar refractivity (Wildman–Crippen MR) is 279 cm³/mol. The molecule has 3 atom stereocenters. The maximum atomic E-state index is 14.3. The van der Waals surface area contributed by atoms with E-state index in [1.807, 2.05) is 32.2 Å². The standard InChI is InChI=1S/C49H62N8O7S.3H2S/c1-8-56-40-15-14-32-24-35(40)36(45(56)34-12-9-19-50-44(34)31(2)62-7)26-48(3,4)30-64-47(61)37-13-10-22-57(53-37)46(60)38(25-42-52-39(32)29-65-42)51-41(58)17-23-63-33-27-54(28-33)43(59)16-18-49(5,6)55-20-11-21-55;;;/h9,12,14-15,19,24,29,31,33,37-38,53H,8,10-11,13,17,20-23,25-28,30H2,1-7H3,(H,51,58);3*1H2/t31-,37-,38-;;;/m0.../s1. The van der Waals surface area contributed by atoms with E-state index >= 15 is 0 Å². The Hall–Kier alpha value is -4.13. The Kier molecular flexibility index (Phi) is 18.7. The number of hydrogen-bond acceptors (Lipinski definition) is 12. The molecule has 3 saturated heterocycles. The number of pyridine rings is 1. The first-order valence-corrected chi connectivity index (χ1v) is 23.8. The Balaban J connectivity index is 0.00000288. The van der Waals surface area contributed by atoms with E-state index in [0.29, 0.717) is 50.4 Å². The third kappa shape index (κ3) is 12.1. The second kappa shape index (κ2) is 23.2. The highest BCUT2D eigenvalue weighted by Gasteiger charge is 2.37. The molecule has 6 bridgehead atoms. The van der Waals surface area contributed by atoms with Crippen LogP contribution in [0.2, 0.25) is 0 Å². The molecule has 3 fully saturated rings. The molecular weight excluding hydrogens is 941 g/mol. The lowest BCUT2D eigenvalue weighted by atomic mass is 9.84. The summed E-state index contributed by atoms with van der Waals surface area (Å²) in [5.41, 5.74) is 9.08. The van der Waals surface area contributed by atoms with Gasteiger partial charge in [-0.2, -0.15) is 40.5 Å². The third-order valence-corrected chi connectivity index (χ3v) is 14.0. The largest absolute Gasteiger partial charge is 0.464 e. The highest BCUT2D eigenvalue weighted by molar-refractivity contribution is 7.59. The van der Waals surface area contributed by atoms with Gasteiger partial charge in [-0.15, -0.1) is 11.3 Å². The van der Waals surface area contributed by atoms with Crippen LogP contribution in [0.4, 0.5) is 0 Å². The number of thiazole rings is 1. The fourth-order valence-electron chi connectivity index (χ4n) is 9.10. The van der Waals surface area contributed by atoms with Crippen LogP contribution in [0.1, 0.15) is 89.6 Å². The van der Waals surface area contributed by atoms with Gasteiger partial charge >= 0.3 is 5.97 Å². The smallest absolute Gasteiger partial charge is 0.324 e. The van der Waals surface area contributed by atoms with Crippen LogP contribution in [0.5, 0.6) is 0 Å². The molecule has 370 valence electrons. The molecule has 7 heterocycles. The molecule has 8 rings (SSSR count). The average Bonchev–Trinajstić information content (AvgIpc) is 3.85. The number of ether oxygens (including phenoxy) is 3. The van der Waals surface area contributed by atoms with Crippen LogP contribution >= 0.6 is 51.8 Å². The van der Waals surface area contributed by atoms with E-state index in [0.717, 1.165) is 64.2 Å². The summed E-state index contributed by atoms with van der Waals surface area (Å²) in [4.78, 5) is 68.1. The van der Waals surface area contributed by atoms with Crippen LogP contribution in [-0.4, -0.2) is 130 Å². The van der Waals surface area contributed by atoms with Gasteiger partial charge < -0.3 is 29.0 Å². The summed E-state index contributed by atoms with van der Waals surface area (Å²) < 4.78 is 20.2. The molecule has 0 aliphatic carbocycles. The number of fused-ring (bicyclic) bond motifs is 6. The van der Waals surface area contributed by atoms with Crippen molar-refractivity contribution in [3.8, 4) is 34.4 Å². The van der Waals surface area contributed by atoms with Crippen LogP contribution in [0.3, 0.4) is 0 Å². The van der Waals surface area contributed by atoms with Gasteiger partial charge in [0, 0.05) is 98.2 Å². The monoisotopic (exact) mass is 1010 g/mol. The van der Waals surface area contributed by atoms with Crippen molar-refractivity contribution >= 4 is 86.4 Å². The van der Waals surface area contributed by atoms with Crippen molar-refractivity contribution in [2.24, 2.45) is 5.41 Å². The number of rotatable bonds is 10. The van der Waals surface area contributed by atoms with Gasteiger partial charge in [0.1, 0.15) is 12.1 Å². The number of hydrogen-bond donors (Lipinski definition) is 2. The summed E-state index contributed by atoms with van der Waals surface area (Å²) in [6, 6.07) is 8.76. The molecule has 0 unspecified atom stereocenters. The zero-order valence-electron chi connectivity index (χ0n) is 40.2. The minimum Gasteiger partial charge on any atom is -0.464 e. The van der Waals surface area contributed by atoms with Gasteiger partial charge in [0.05, 0.1) is 53.1 Å². The number of cyclic esters (lactones) is 1. The van der Waals surface area contributed by atoms with Crippen LogP contribution in [-0.2, 0) is 52.8 Å². The van der Waals surface area contributed by atoms with Gasteiger partial charge in [0.15, 0.2) is 0 Å². The summed E-state index contributed by atoms with van der Waals surface area (Å²) in [5, 5.41) is 8.15. The molecule has 4 aliphatic heterocycles. The number of likely N-dealkylation sites (tertiary alicyclic amines) is 2. The SMILES string of the molecule is CCn1c(-c2cccnc2[C@H](C)OC)c2c3cc(ccc31)-c1csc(n1)C[C@H](NC(=O)CCOC1CN(C(=O)C#CC(C)(C)N3CCC3)C1)C(=O)N1CCC[C@H](N1)C(=O)OCC(C)(C)C2.S.S.S. The number of esters is 1. The molecule has 0 saturated carbocycles. The number of methoxy groups -OCH3 is 1. The molecule has 4 aromatic rings. The first-order chi connectivity index (χ1) is 31.1. The molecule has 0 radical (unpaired) electrons. The molecule has 0 spiro atoms. The van der Waals surface area contributed by atoms with Gasteiger partial charge in [0.2, 0.25) is 5.91 Å². The highest BCUT2D eigenvalue weighted by Crippen LogP contribution is 2.42. The first-order valence-electron chi connectivity index (χ1n) is 22.9. The lowest BCUT2D eigenvalue weighted by Crippen LogP contribution is -2.60. The van der Waals surface area contributed by atoms with E-state index in [-0.39, 0.29) is 102 Å².